The van der Waals surface area contributed by atoms with Gasteiger partial charge in [0.05, 0.1) is 11.3 Å². The molecule has 2 aromatic rings. The second-order valence-electron chi connectivity index (χ2n) is 6.70. The number of benzene rings is 2. The van der Waals surface area contributed by atoms with Gasteiger partial charge in [-0.2, -0.15) is 0 Å². The van der Waals surface area contributed by atoms with Crippen molar-refractivity contribution in [2.45, 2.75) is 38.6 Å². The quantitative estimate of drug-likeness (QED) is 0.865. The fourth-order valence-corrected chi connectivity index (χ4v) is 3.76. The first kappa shape index (κ1) is 14.9. The second-order valence-corrected chi connectivity index (χ2v) is 6.70. The Morgan fingerprint density at radius 3 is 2.62 bits per heavy atom. The summed E-state index contributed by atoms with van der Waals surface area (Å²) in [7, 11) is 0. The number of rotatable bonds is 2. The largest absolute Gasteiger partial charge is 0.295 e. The minimum Gasteiger partial charge on any atom is -0.295 e. The van der Waals surface area contributed by atoms with Gasteiger partial charge in [0.25, 0.3) is 5.91 Å². The number of piperidine rings is 1. The van der Waals surface area contributed by atoms with E-state index in [1.807, 2.05) is 30.3 Å². The lowest BCUT2D eigenvalue weighted by Gasteiger charge is -2.30. The number of nitrogens with one attached hydrogen (secondary N) is 1. The van der Waals surface area contributed by atoms with Crippen LogP contribution < -0.4 is 10.2 Å². The number of hydrogen-bond acceptors (Lipinski definition) is 3. The molecule has 0 bridgehead atoms. The van der Waals surface area contributed by atoms with E-state index in [2.05, 4.69) is 19.2 Å². The van der Waals surface area contributed by atoms with Crippen molar-refractivity contribution in [2.24, 2.45) is 0 Å². The molecule has 0 aliphatic carbocycles. The average Bonchev–Trinajstić information content (AvgIpc) is 2.83. The second kappa shape index (κ2) is 5.16. The summed E-state index contributed by atoms with van der Waals surface area (Å²) in [5.41, 5.74) is 2.46. The van der Waals surface area contributed by atoms with Crippen LogP contribution in [0.1, 0.15) is 48.5 Å². The van der Waals surface area contributed by atoms with Gasteiger partial charge in [-0.05, 0) is 29.4 Å². The third-order valence-corrected chi connectivity index (χ3v) is 4.89. The minimum absolute atomic E-state index is 0.139. The lowest BCUT2D eigenvalue weighted by Crippen LogP contribution is -2.53. The van der Waals surface area contributed by atoms with Gasteiger partial charge in [-0.1, -0.05) is 38.1 Å². The highest BCUT2D eigenvalue weighted by molar-refractivity contribution is 6.27. The Hall–Kier alpha value is -2.69. The first-order valence-electron chi connectivity index (χ1n) is 8.22. The molecule has 0 spiro atoms. The highest BCUT2D eigenvalue weighted by atomic mass is 16.2. The van der Waals surface area contributed by atoms with Gasteiger partial charge in [-0.15, -0.1) is 0 Å². The summed E-state index contributed by atoms with van der Waals surface area (Å²) in [5.74, 6) is -0.597. The molecule has 4 rings (SSSR count). The average molecular weight is 322 g/mol. The number of hydrogen-bond donors (Lipinski definition) is 1. The number of carbonyl (C=O) groups excluding carboxylic acids is 3. The number of amides is 3. The van der Waals surface area contributed by atoms with Crippen LogP contribution in [0.2, 0.25) is 0 Å². The summed E-state index contributed by atoms with van der Waals surface area (Å²) in [6.45, 7) is 4.12. The summed E-state index contributed by atoms with van der Waals surface area (Å²) in [6.07, 6.45) is 0.612. The summed E-state index contributed by atoms with van der Waals surface area (Å²) in [4.78, 5) is 38.5. The summed E-state index contributed by atoms with van der Waals surface area (Å²) >= 11 is 0. The summed E-state index contributed by atoms with van der Waals surface area (Å²) < 4.78 is 0. The normalized spacial score (nSPS) is 20.2. The first-order chi connectivity index (χ1) is 11.5. The molecule has 0 aromatic heterocycles. The Morgan fingerprint density at radius 1 is 1.12 bits per heavy atom. The maximum atomic E-state index is 13.2. The molecule has 2 aliphatic rings. The molecule has 0 saturated carbocycles. The maximum Gasteiger partial charge on any atom is 0.260 e. The molecule has 1 saturated heterocycles. The van der Waals surface area contributed by atoms with E-state index in [-0.39, 0.29) is 24.2 Å². The molecule has 5 heteroatoms. The van der Waals surface area contributed by atoms with Crippen LogP contribution in [0.15, 0.2) is 30.3 Å². The Kier molecular flexibility index (Phi) is 3.20. The number of imide groups is 1. The zero-order valence-corrected chi connectivity index (χ0v) is 13.6. The third kappa shape index (κ3) is 1.97. The molecule has 1 unspecified atom stereocenters. The van der Waals surface area contributed by atoms with Crippen LogP contribution >= 0.6 is 0 Å². The van der Waals surface area contributed by atoms with Gasteiger partial charge in [0.2, 0.25) is 11.8 Å². The van der Waals surface area contributed by atoms with Gasteiger partial charge < -0.3 is 0 Å². The molecule has 2 aliphatic heterocycles. The SMILES string of the molecule is CC(C)c1ccc2cccc3c2c1C(=O)N3C1CCC(=O)NC1=O. The van der Waals surface area contributed by atoms with Gasteiger partial charge in [-0.3, -0.25) is 24.6 Å². The van der Waals surface area contributed by atoms with Crippen molar-refractivity contribution in [1.82, 2.24) is 5.32 Å². The number of carbonyl (C=O) groups is 3. The zero-order valence-electron chi connectivity index (χ0n) is 13.6. The van der Waals surface area contributed by atoms with E-state index in [4.69, 9.17) is 0 Å². The Morgan fingerprint density at radius 2 is 1.92 bits per heavy atom. The van der Waals surface area contributed by atoms with Gasteiger partial charge in [0.15, 0.2) is 0 Å². The zero-order chi connectivity index (χ0) is 17.0. The highest BCUT2D eigenvalue weighted by Crippen LogP contribution is 2.42. The van der Waals surface area contributed by atoms with E-state index < -0.39 is 11.9 Å². The van der Waals surface area contributed by atoms with Crippen molar-refractivity contribution >= 4 is 34.2 Å². The van der Waals surface area contributed by atoms with Gasteiger partial charge in [0.1, 0.15) is 6.04 Å². The molecule has 122 valence electrons. The van der Waals surface area contributed by atoms with E-state index in [1.54, 1.807) is 4.90 Å². The smallest absolute Gasteiger partial charge is 0.260 e. The number of anilines is 1. The number of nitrogens with zero attached hydrogens (tertiary/aromatic N) is 1. The van der Waals surface area contributed by atoms with Crippen LogP contribution in [-0.2, 0) is 9.59 Å². The van der Waals surface area contributed by atoms with Gasteiger partial charge in [-0.25, -0.2) is 0 Å². The van der Waals surface area contributed by atoms with Crippen molar-refractivity contribution in [3.63, 3.8) is 0 Å². The summed E-state index contributed by atoms with van der Waals surface area (Å²) in [6, 6.07) is 9.15. The monoisotopic (exact) mass is 322 g/mol. The van der Waals surface area contributed by atoms with Crippen LogP contribution in [0.5, 0.6) is 0 Å². The molecular formula is C19H18N2O3. The molecule has 2 heterocycles. The predicted molar refractivity (Wildman–Crippen MR) is 91.0 cm³/mol. The van der Waals surface area contributed by atoms with E-state index >= 15 is 0 Å². The van der Waals surface area contributed by atoms with Crippen LogP contribution in [0, 0.1) is 0 Å². The first-order valence-corrected chi connectivity index (χ1v) is 8.22. The van der Waals surface area contributed by atoms with E-state index in [0.717, 1.165) is 22.0 Å². The molecule has 1 atom stereocenters. The standard InChI is InChI=1S/C19H18N2O3/c1-10(2)12-7-6-11-4-3-5-13-16(11)17(12)19(24)21(13)14-8-9-15(22)20-18(14)23/h3-7,10,14H,8-9H2,1-2H3,(H,20,22,23). The third-order valence-electron chi connectivity index (χ3n) is 4.89. The maximum absolute atomic E-state index is 13.2. The van der Waals surface area contributed by atoms with Crippen molar-refractivity contribution in [2.75, 3.05) is 4.90 Å². The molecule has 2 aromatic carbocycles. The summed E-state index contributed by atoms with van der Waals surface area (Å²) in [5, 5.41) is 4.26. The van der Waals surface area contributed by atoms with Crippen LogP contribution in [-0.4, -0.2) is 23.8 Å². The van der Waals surface area contributed by atoms with Crippen LogP contribution in [0.3, 0.4) is 0 Å². The van der Waals surface area contributed by atoms with Crippen molar-refractivity contribution in [3.8, 4) is 0 Å². The van der Waals surface area contributed by atoms with Gasteiger partial charge >= 0.3 is 0 Å². The minimum atomic E-state index is -0.631. The van der Waals surface area contributed by atoms with Crippen molar-refractivity contribution in [3.05, 3.63) is 41.5 Å². The topological polar surface area (TPSA) is 66.5 Å². The van der Waals surface area contributed by atoms with Gasteiger partial charge in [0, 0.05) is 11.8 Å². The van der Waals surface area contributed by atoms with E-state index in [0.29, 0.717) is 12.0 Å². The fourth-order valence-electron chi connectivity index (χ4n) is 3.76. The Balaban J connectivity index is 1.90. The molecule has 24 heavy (non-hydrogen) atoms. The van der Waals surface area contributed by atoms with Crippen molar-refractivity contribution in [1.29, 1.82) is 0 Å². The predicted octanol–water partition coefficient (Wildman–Crippen LogP) is 2.73. The van der Waals surface area contributed by atoms with Crippen molar-refractivity contribution < 1.29 is 14.4 Å². The molecule has 3 amide bonds. The molecule has 1 N–H and O–H groups in total. The molecule has 1 fully saturated rings. The Bertz CT molecular complexity index is 901. The van der Waals surface area contributed by atoms with E-state index in [1.165, 1.54) is 0 Å². The molecule has 0 radical (unpaired) electrons. The lowest BCUT2D eigenvalue weighted by molar-refractivity contribution is -0.134. The highest BCUT2D eigenvalue weighted by Gasteiger charge is 2.41. The van der Waals surface area contributed by atoms with Crippen LogP contribution in [0.25, 0.3) is 10.8 Å². The molecular weight excluding hydrogens is 304 g/mol. The Labute approximate surface area is 139 Å². The lowest BCUT2D eigenvalue weighted by atomic mass is 9.93. The van der Waals surface area contributed by atoms with E-state index in [9.17, 15) is 14.4 Å². The fraction of sp³-hybridized carbons (Fsp3) is 0.316. The molecule has 5 nitrogen and oxygen atoms in total. The van der Waals surface area contributed by atoms with Crippen LogP contribution in [0.4, 0.5) is 5.69 Å².